The van der Waals surface area contributed by atoms with Crippen LogP contribution < -0.4 is 10.6 Å². The summed E-state index contributed by atoms with van der Waals surface area (Å²) in [6.07, 6.45) is 2.25. The molecule has 0 spiro atoms. The van der Waals surface area contributed by atoms with Crippen LogP contribution >= 0.6 is 24.0 Å². The van der Waals surface area contributed by atoms with Gasteiger partial charge < -0.3 is 15.4 Å². The Kier molecular flexibility index (Phi) is 10.2. The van der Waals surface area contributed by atoms with Gasteiger partial charge in [0.15, 0.2) is 5.96 Å². The number of aliphatic imine (C=N–C) groups is 1. The van der Waals surface area contributed by atoms with E-state index in [1.54, 1.807) is 12.1 Å². The molecular formula is C23H31IN4O3. The zero-order valence-corrected chi connectivity index (χ0v) is 20.4. The lowest BCUT2D eigenvalue weighted by Crippen LogP contribution is -2.42. The van der Waals surface area contributed by atoms with Crippen molar-refractivity contribution in [2.45, 2.75) is 39.3 Å². The second-order valence-corrected chi connectivity index (χ2v) is 7.60. The summed E-state index contributed by atoms with van der Waals surface area (Å²) in [5.74, 6) is 1.11. The molecule has 8 heteroatoms. The molecule has 1 fully saturated rings. The Morgan fingerprint density at radius 1 is 1.16 bits per heavy atom. The molecule has 168 valence electrons. The van der Waals surface area contributed by atoms with Gasteiger partial charge in [0.1, 0.15) is 0 Å². The van der Waals surface area contributed by atoms with Gasteiger partial charge in [-0.25, -0.2) is 4.99 Å². The highest BCUT2D eigenvalue weighted by Crippen LogP contribution is 2.33. The van der Waals surface area contributed by atoms with E-state index in [9.17, 15) is 10.1 Å². The number of nitrogens with zero attached hydrogens (tertiary/aromatic N) is 2. The summed E-state index contributed by atoms with van der Waals surface area (Å²) < 4.78 is 6.11. The fourth-order valence-electron chi connectivity index (χ4n) is 3.64. The monoisotopic (exact) mass is 538 g/mol. The normalized spacial score (nSPS) is 18.7. The number of nitro groups is 1. The minimum atomic E-state index is -0.393. The maximum atomic E-state index is 10.8. The van der Waals surface area contributed by atoms with Gasteiger partial charge in [0.25, 0.3) is 5.69 Å². The number of non-ortho nitro benzene ring substituents is 1. The second kappa shape index (κ2) is 12.6. The van der Waals surface area contributed by atoms with Crippen LogP contribution in [-0.4, -0.2) is 30.6 Å². The SMILES string of the molecule is CCNC(=NCc1ccc([N+](=O)[O-])cc1)NCC1CCCOC1c1ccc(C)cc1.I. The highest BCUT2D eigenvalue weighted by atomic mass is 127. The third-order valence-electron chi connectivity index (χ3n) is 5.29. The van der Waals surface area contributed by atoms with Crippen LogP contribution in [0.3, 0.4) is 0 Å². The largest absolute Gasteiger partial charge is 0.373 e. The van der Waals surface area contributed by atoms with Crippen molar-refractivity contribution in [3.05, 3.63) is 75.3 Å². The summed E-state index contributed by atoms with van der Waals surface area (Å²) in [5.41, 5.74) is 3.49. The first-order chi connectivity index (χ1) is 14.6. The van der Waals surface area contributed by atoms with Crippen molar-refractivity contribution in [2.75, 3.05) is 19.7 Å². The van der Waals surface area contributed by atoms with E-state index in [1.807, 2.05) is 6.92 Å². The number of hydrogen-bond acceptors (Lipinski definition) is 4. The topological polar surface area (TPSA) is 88.8 Å². The molecular weight excluding hydrogens is 507 g/mol. The van der Waals surface area contributed by atoms with Crippen LogP contribution in [0.4, 0.5) is 5.69 Å². The molecule has 1 saturated heterocycles. The predicted octanol–water partition coefficient (Wildman–Crippen LogP) is 4.74. The molecule has 2 N–H and O–H groups in total. The fraction of sp³-hybridized carbons (Fsp3) is 0.435. The van der Waals surface area contributed by atoms with Crippen LogP contribution in [0.1, 0.15) is 42.6 Å². The average molecular weight is 538 g/mol. The maximum absolute atomic E-state index is 10.8. The molecule has 3 rings (SSSR count). The summed E-state index contributed by atoms with van der Waals surface area (Å²) in [4.78, 5) is 15.0. The van der Waals surface area contributed by atoms with Gasteiger partial charge in [-0.3, -0.25) is 10.1 Å². The molecule has 0 saturated carbocycles. The van der Waals surface area contributed by atoms with Gasteiger partial charge in [-0.1, -0.05) is 42.0 Å². The summed E-state index contributed by atoms with van der Waals surface area (Å²) >= 11 is 0. The van der Waals surface area contributed by atoms with E-state index in [-0.39, 0.29) is 35.8 Å². The summed E-state index contributed by atoms with van der Waals surface area (Å²) in [5, 5.41) is 17.5. The van der Waals surface area contributed by atoms with Crippen molar-refractivity contribution >= 4 is 35.6 Å². The lowest BCUT2D eigenvalue weighted by Gasteiger charge is -2.32. The maximum Gasteiger partial charge on any atom is 0.269 e. The Bertz CT molecular complexity index is 856. The van der Waals surface area contributed by atoms with Crippen LogP contribution in [0.25, 0.3) is 0 Å². The van der Waals surface area contributed by atoms with E-state index in [4.69, 9.17) is 4.74 Å². The zero-order valence-electron chi connectivity index (χ0n) is 18.0. The van der Waals surface area contributed by atoms with Crippen LogP contribution in [0.5, 0.6) is 0 Å². The van der Waals surface area contributed by atoms with Gasteiger partial charge in [0, 0.05) is 37.7 Å². The molecule has 1 aliphatic heterocycles. The smallest absolute Gasteiger partial charge is 0.269 e. The van der Waals surface area contributed by atoms with Gasteiger partial charge in [-0.15, -0.1) is 24.0 Å². The molecule has 0 bridgehead atoms. The third-order valence-corrected chi connectivity index (χ3v) is 5.29. The molecule has 0 aromatic heterocycles. The van der Waals surface area contributed by atoms with Gasteiger partial charge in [-0.05, 0) is 37.8 Å². The van der Waals surface area contributed by atoms with Crippen molar-refractivity contribution in [1.82, 2.24) is 10.6 Å². The Labute approximate surface area is 200 Å². The van der Waals surface area contributed by atoms with E-state index in [1.165, 1.54) is 23.3 Å². The average Bonchev–Trinajstić information content (AvgIpc) is 2.77. The molecule has 2 aromatic carbocycles. The van der Waals surface area contributed by atoms with Gasteiger partial charge in [0.05, 0.1) is 17.6 Å². The second-order valence-electron chi connectivity index (χ2n) is 7.60. The number of benzene rings is 2. The van der Waals surface area contributed by atoms with Crippen molar-refractivity contribution in [1.29, 1.82) is 0 Å². The molecule has 1 aliphatic rings. The van der Waals surface area contributed by atoms with E-state index in [2.05, 4.69) is 46.8 Å². The van der Waals surface area contributed by atoms with Crippen LogP contribution in [0.2, 0.25) is 0 Å². The Morgan fingerprint density at radius 2 is 1.87 bits per heavy atom. The lowest BCUT2D eigenvalue weighted by molar-refractivity contribution is -0.384. The van der Waals surface area contributed by atoms with Crippen molar-refractivity contribution in [2.24, 2.45) is 10.9 Å². The van der Waals surface area contributed by atoms with Crippen molar-refractivity contribution in [3.8, 4) is 0 Å². The molecule has 2 unspecified atom stereocenters. The first-order valence-corrected chi connectivity index (χ1v) is 10.5. The van der Waals surface area contributed by atoms with E-state index < -0.39 is 4.92 Å². The Hall–Kier alpha value is -2.20. The first-order valence-electron chi connectivity index (χ1n) is 10.5. The highest BCUT2D eigenvalue weighted by Gasteiger charge is 2.27. The first kappa shape index (κ1) is 25.1. The number of guanidine groups is 1. The number of ether oxygens (including phenoxy) is 1. The third kappa shape index (κ3) is 7.46. The number of aryl methyl sites for hydroxylation is 1. The number of nitrogens with one attached hydrogen (secondary N) is 2. The summed E-state index contributed by atoms with van der Waals surface area (Å²) in [6, 6.07) is 15.1. The number of halogens is 1. The van der Waals surface area contributed by atoms with Crippen LogP contribution in [-0.2, 0) is 11.3 Å². The standard InChI is InChI=1S/C23H30N4O3.HI/c1-3-24-23(25-15-18-8-12-21(13-9-18)27(28)29)26-16-20-5-4-14-30-22(20)19-10-6-17(2)7-11-19;/h6-13,20,22H,3-5,14-16H2,1-2H3,(H2,24,25,26);1H. The van der Waals surface area contributed by atoms with Crippen LogP contribution in [0, 0.1) is 23.0 Å². The minimum absolute atomic E-state index is 0. The van der Waals surface area contributed by atoms with E-state index >= 15 is 0 Å². The van der Waals surface area contributed by atoms with Gasteiger partial charge >= 0.3 is 0 Å². The fourth-order valence-corrected chi connectivity index (χ4v) is 3.64. The Morgan fingerprint density at radius 3 is 2.52 bits per heavy atom. The number of rotatable bonds is 7. The molecule has 2 atom stereocenters. The lowest BCUT2D eigenvalue weighted by atomic mass is 9.89. The quantitative estimate of drug-likeness (QED) is 0.175. The van der Waals surface area contributed by atoms with E-state index in [0.29, 0.717) is 12.5 Å². The molecule has 1 heterocycles. The summed E-state index contributed by atoms with van der Waals surface area (Å²) in [7, 11) is 0. The molecule has 0 radical (unpaired) electrons. The molecule has 7 nitrogen and oxygen atoms in total. The highest BCUT2D eigenvalue weighted by molar-refractivity contribution is 14.0. The number of hydrogen-bond donors (Lipinski definition) is 2. The molecule has 0 aliphatic carbocycles. The summed E-state index contributed by atoms with van der Waals surface area (Å²) in [6.45, 7) is 6.90. The van der Waals surface area contributed by atoms with Gasteiger partial charge in [-0.2, -0.15) is 0 Å². The van der Waals surface area contributed by atoms with Crippen molar-refractivity contribution < 1.29 is 9.66 Å². The molecule has 31 heavy (non-hydrogen) atoms. The minimum Gasteiger partial charge on any atom is -0.373 e. The Balaban J connectivity index is 0.00000341. The van der Waals surface area contributed by atoms with Crippen LogP contribution in [0.15, 0.2) is 53.5 Å². The van der Waals surface area contributed by atoms with E-state index in [0.717, 1.165) is 44.1 Å². The molecule has 0 amide bonds. The molecule has 2 aromatic rings. The van der Waals surface area contributed by atoms with Gasteiger partial charge in [0.2, 0.25) is 0 Å². The zero-order chi connectivity index (χ0) is 21.3. The predicted molar refractivity (Wildman–Crippen MR) is 134 cm³/mol. The van der Waals surface area contributed by atoms with Crippen molar-refractivity contribution in [3.63, 3.8) is 0 Å². The number of nitro benzene ring substituents is 1.